The van der Waals surface area contributed by atoms with Crippen molar-refractivity contribution in [1.29, 1.82) is 0 Å². The summed E-state index contributed by atoms with van der Waals surface area (Å²) in [6.07, 6.45) is 0. The van der Waals surface area contributed by atoms with E-state index in [1.807, 2.05) is 0 Å². The number of rotatable bonds is 1. The summed E-state index contributed by atoms with van der Waals surface area (Å²) in [5.41, 5.74) is 1.32. The van der Waals surface area contributed by atoms with Crippen LogP contribution in [0.3, 0.4) is 0 Å². The van der Waals surface area contributed by atoms with Crippen molar-refractivity contribution < 1.29 is 13.2 Å². The number of nitrogens with one attached hydrogen (secondary N) is 1. The monoisotopic (exact) mass is 163 g/mol. The van der Waals surface area contributed by atoms with Gasteiger partial charge in [0, 0.05) is 6.07 Å². The zero-order chi connectivity index (χ0) is 8.43. The van der Waals surface area contributed by atoms with Crippen LogP contribution in [0.2, 0.25) is 0 Å². The smallest absolute Gasteiger partial charge is 0.253 e. The summed E-state index contributed by atoms with van der Waals surface area (Å²) >= 11 is 0. The van der Waals surface area contributed by atoms with Gasteiger partial charge in [0.2, 0.25) is 11.8 Å². The maximum Gasteiger partial charge on any atom is 0.253 e. The molecule has 0 aliphatic heterocycles. The van der Waals surface area contributed by atoms with Crippen LogP contribution in [-0.2, 0) is 0 Å². The minimum atomic E-state index is -1.52. The highest BCUT2D eigenvalue weighted by atomic mass is 19.2. The standard InChI is InChI=1S/C5H4F3N3/c6-3-1-2(11-9)4(7)5(8)10-3/h1H,9H2,(H,10,11). The van der Waals surface area contributed by atoms with Gasteiger partial charge in [-0.25, -0.2) is 0 Å². The van der Waals surface area contributed by atoms with E-state index in [0.29, 0.717) is 6.07 Å². The summed E-state index contributed by atoms with van der Waals surface area (Å²) in [5, 5.41) is 0. The first-order valence-electron chi connectivity index (χ1n) is 2.63. The molecule has 6 heteroatoms. The number of nitrogen functional groups attached to an aromatic ring is 1. The molecule has 0 amide bonds. The minimum Gasteiger partial charge on any atom is -0.321 e. The predicted octanol–water partition coefficient (Wildman–Crippen LogP) is 0.785. The van der Waals surface area contributed by atoms with Crippen molar-refractivity contribution in [2.45, 2.75) is 0 Å². The highest BCUT2D eigenvalue weighted by Crippen LogP contribution is 2.14. The Morgan fingerprint density at radius 3 is 2.55 bits per heavy atom. The molecular weight excluding hydrogens is 159 g/mol. The fourth-order valence-corrected chi connectivity index (χ4v) is 0.574. The van der Waals surface area contributed by atoms with Crippen molar-refractivity contribution >= 4 is 5.69 Å². The highest BCUT2D eigenvalue weighted by molar-refractivity contribution is 5.41. The van der Waals surface area contributed by atoms with Gasteiger partial charge in [-0.3, -0.25) is 5.84 Å². The number of hydrazine groups is 1. The third-order valence-corrected chi connectivity index (χ3v) is 1.04. The van der Waals surface area contributed by atoms with Gasteiger partial charge in [-0.05, 0) is 0 Å². The molecule has 11 heavy (non-hydrogen) atoms. The maximum atomic E-state index is 12.4. The van der Waals surface area contributed by atoms with E-state index < -0.39 is 23.4 Å². The molecular formula is C5H4F3N3. The molecule has 1 rings (SSSR count). The summed E-state index contributed by atoms with van der Waals surface area (Å²) in [4.78, 5) is 2.58. The fraction of sp³-hybridized carbons (Fsp3) is 0. The summed E-state index contributed by atoms with van der Waals surface area (Å²) in [7, 11) is 0. The highest BCUT2D eigenvalue weighted by Gasteiger charge is 2.10. The Balaban J connectivity index is 3.24. The second kappa shape index (κ2) is 2.75. The van der Waals surface area contributed by atoms with Gasteiger partial charge in [-0.1, -0.05) is 0 Å². The van der Waals surface area contributed by atoms with Crippen molar-refractivity contribution in [3.63, 3.8) is 0 Å². The number of nitrogens with zero attached hydrogens (tertiary/aromatic N) is 1. The van der Waals surface area contributed by atoms with Gasteiger partial charge in [-0.15, -0.1) is 0 Å². The lowest BCUT2D eigenvalue weighted by molar-refractivity contribution is 0.450. The first kappa shape index (κ1) is 7.80. The van der Waals surface area contributed by atoms with Gasteiger partial charge in [0.15, 0.2) is 0 Å². The number of halogens is 3. The SMILES string of the molecule is NNc1cc(F)nc(F)c1F. The third-order valence-electron chi connectivity index (χ3n) is 1.04. The van der Waals surface area contributed by atoms with E-state index in [2.05, 4.69) is 4.98 Å². The Hall–Kier alpha value is -1.30. The van der Waals surface area contributed by atoms with E-state index in [0.717, 1.165) is 0 Å². The third kappa shape index (κ3) is 1.40. The van der Waals surface area contributed by atoms with Crippen molar-refractivity contribution in [3.8, 4) is 0 Å². The molecule has 0 fully saturated rings. The zero-order valence-corrected chi connectivity index (χ0v) is 5.24. The fourth-order valence-electron chi connectivity index (χ4n) is 0.574. The van der Waals surface area contributed by atoms with Crippen molar-refractivity contribution in [2.24, 2.45) is 5.84 Å². The summed E-state index contributed by atoms with van der Waals surface area (Å²) in [6.45, 7) is 0. The van der Waals surface area contributed by atoms with E-state index in [1.165, 1.54) is 0 Å². The Kier molecular flexibility index (Phi) is 1.95. The second-order valence-corrected chi connectivity index (χ2v) is 1.74. The van der Waals surface area contributed by atoms with Crippen LogP contribution in [0.1, 0.15) is 0 Å². The predicted molar refractivity (Wildman–Crippen MR) is 31.9 cm³/mol. The lowest BCUT2D eigenvalue weighted by Gasteiger charge is -2.00. The molecule has 0 aliphatic rings. The van der Waals surface area contributed by atoms with Crippen molar-refractivity contribution in [3.05, 3.63) is 23.8 Å². The van der Waals surface area contributed by atoms with Gasteiger partial charge in [0.05, 0.1) is 5.69 Å². The molecule has 0 aromatic carbocycles. The van der Waals surface area contributed by atoms with Gasteiger partial charge in [0.1, 0.15) is 0 Å². The lowest BCUT2D eigenvalue weighted by Crippen LogP contribution is -2.11. The molecule has 0 aliphatic carbocycles. The summed E-state index contributed by atoms with van der Waals surface area (Å²) in [6, 6.07) is 0.651. The van der Waals surface area contributed by atoms with Crippen LogP contribution in [0.25, 0.3) is 0 Å². The summed E-state index contributed by atoms with van der Waals surface area (Å²) < 4.78 is 36.8. The van der Waals surface area contributed by atoms with E-state index >= 15 is 0 Å². The Morgan fingerprint density at radius 2 is 2.00 bits per heavy atom. The number of nitrogens with two attached hydrogens (primary N) is 1. The first-order chi connectivity index (χ1) is 5.15. The average Bonchev–Trinajstić information content (AvgIpc) is 1.96. The topological polar surface area (TPSA) is 50.9 Å². The molecule has 0 spiro atoms. The second-order valence-electron chi connectivity index (χ2n) is 1.74. The van der Waals surface area contributed by atoms with Gasteiger partial charge in [0.25, 0.3) is 5.95 Å². The quantitative estimate of drug-likeness (QED) is 0.365. The zero-order valence-electron chi connectivity index (χ0n) is 5.24. The van der Waals surface area contributed by atoms with Crippen LogP contribution in [0.15, 0.2) is 6.07 Å². The molecule has 60 valence electrons. The van der Waals surface area contributed by atoms with Crippen LogP contribution in [0.5, 0.6) is 0 Å². The molecule has 1 aromatic heterocycles. The Labute approximate surface area is 60.0 Å². The molecule has 1 aromatic rings. The van der Waals surface area contributed by atoms with Crippen LogP contribution in [0.4, 0.5) is 18.9 Å². The molecule has 0 unspecified atom stereocenters. The van der Waals surface area contributed by atoms with Crippen molar-refractivity contribution in [1.82, 2.24) is 4.98 Å². The average molecular weight is 163 g/mol. The largest absolute Gasteiger partial charge is 0.321 e. The van der Waals surface area contributed by atoms with E-state index in [-0.39, 0.29) is 0 Å². The Morgan fingerprint density at radius 1 is 1.36 bits per heavy atom. The molecule has 3 N–H and O–H groups in total. The van der Waals surface area contributed by atoms with Crippen LogP contribution < -0.4 is 11.3 Å². The molecule has 0 saturated carbocycles. The summed E-state index contributed by atoms with van der Waals surface area (Å²) in [5.74, 6) is 0.796. The molecule has 0 saturated heterocycles. The molecule has 1 heterocycles. The molecule has 0 atom stereocenters. The number of hydrogen-bond acceptors (Lipinski definition) is 3. The molecule has 3 nitrogen and oxygen atoms in total. The first-order valence-corrected chi connectivity index (χ1v) is 2.63. The van der Waals surface area contributed by atoms with Crippen LogP contribution in [-0.4, -0.2) is 4.98 Å². The van der Waals surface area contributed by atoms with E-state index in [9.17, 15) is 13.2 Å². The van der Waals surface area contributed by atoms with Crippen molar-refractivity contribution in [2.75, 3.05) is 5.43 Å². The van der Waals surface area contributed by atoms with E-state index in [4.69, 9.17) is 5.84 Å². The number of hydrogen-bond donors (Lipinski definition) is 2. The molecule has 0 bridgehead atoms. The number of aromatic nitrogens is 1. The van der Waals surface area contributed by atoms with Crippen LogP contribution in [0, 0.1) is 17.7 Å². The Bertz CT molecular complexity index is 276. The number of pyridine rings is 1. The van der Waals surface area contributed by atoms with Gasteiger partial charge in [-0.2, -0.15) is 18.2 Å². The molecule has 0 radical (unpaired) electrons. The van der Waals surface area contributed by atoms with Gasteiger partial charge >= 0.3 is 0 Å². The lowest BCUT2D eigenvalue weighted by atomic mass is 10.4. The normalized spacial score (nSPS) is 9.82. The minimum absolute atomic E-state index is 0.463. The van der Waals surface area contributed by atoms with Crippen LogP contribution >= 0.6 is 0 Å². The van der Waals surface area contributed by atoms with Gasteiger partial charge < -0.3 is 5.43 Å². The number of anilines is 1. The van der Waals surface area contributed by atoms with E-state index in [1.54, 1.807) is 5.43 Å². The maximum absolute atomic E-state index is 12.4.